The second kappa shape index (κ2) is 3.09. The van der Waals surface area contributed by atoms with E-state index in [9.17, 15) is 4.39 Å². The molecule has 38 valence electrons. The standard InChI is InChI=1S/C4H10FN/c1-4(5)3-6-2/h4,6H,3H2,1-2H3/t4-/m0/s1. The van der Waals surface area contributed by atoms with Crippen LogP contribution in [0.25, 0.3) is 0 Å². The molecule has 0 aromatic rings. The van der Waals surface area contributed by atoms with Gasteiger partial charge in [-0.15, -0.1) is 0 Å². The minimum Gasteiger partial charge on any atom is -0.317 e. The molecule has 1 atom stereocenters. The third-order valence-electron chi connectivity index (χ3n) is 0.485. The largest absolute Gasteiger partial charge is 0.317 e. The Bertz CT molecular complexity index is 28.7. The quantitative estimate of drug-likeness (QED) is 0.523. The van der Waals surface area contributed by atoms with Crippen molar-refractivity contribution in [3.05, 3.63) is 0 Å². The van der Waals surface area contributed by atoms with Crippen LogP contribution < -0.4 is 5.32 Å². The Hall–Kier alpha value is -0.110. The van der Waals surface area contributed by atoms with Crippen LogP contribution in [0, 0.1) is 0 Å². The highest BCUT2D eigenvalue weighted by Crippen LogP contribution is 1.80. The number of halogens is 1. The molecule has 0 aliphatic rings. The van der Waals surface area contributed by atoms with Crippen LogP contribution in [0.15, 0.2) is 0 Å². The smallest absolute Gasteiger partial charge is 0.110 e. The highest BCUT2D eigenvalue weighted by atomic mass is 19.1. The highest BCUT2D eigenvalue weighted by molar-refractivity contribution is 4.45. The molecule has 2 heteroatoms. The maximum absolute atomic E-state index is 11.6. The summed E-state index contributed by atoms with van der Waals surface area (Å²) < 4.78 is 11.6. The molecule has 0 heterocycles. The maximum atomic E-state index is 11.6. The van der Waals surface area contributed by atoms with Crippen LogP contribution >= 0.6 is 0 Å². The fraction of sp³-hybridized carbons (Fsp3) is 1.00. The van der Waals surface area contributed by atoms with Crippen LogP contribution in [0.3, 0.4) is 0 Å². The summed E-state index contributed by atoms with van der Waals surface area (Å²) >= 11 is 0. The zero-order chi connectivity index (χ0) is 4.99. The lowest BCUT2D eigenvalue weighted by Crippen LogP contribution is -2.16. The maximum Gasteiger partial charge on any atom is 0.110 e. The predicted octanol–water partition coefficient (Wildman–Crippen LogP) is 0.564. The Morgan fingerprint density at radius 3 is 2.33 bits per heavy atom. The van der Waals surface area contributed by atoms with Gasteiger partial charge in [0.25, 0.3) is 0 Å². The van der Waals surface area contributed by atoms with Crippen LogP contribution in [0.1, 0.15) is 6.92 Å². The fourth-order valence-electron chi connectivity index (χ4n) is 0.281. The van der Waals surface area contributed by atoms with Crippen molar-refractivity contribution in [1.82, 2.24) is 5.32 Å². The SMILES string of the molecule is CNC[C@H](C)F. The first-order chi connectivity index (χ1) is 2.77. The van der Waals surface area contributed by atoms with Gasteiger partial charge in [0, 0.05) is 6.54 Å². The van der Waals surface area contributed by atoms with E-state index in [0.717, 1.165) is 0 Å². The summed E-state index contributed by atoms with van der Waals surface area (Å²) in [6.45, 7) is 1.98. The zero-order valence-electron chi connectivity index (χ0n) is 4.16. The van der Waals surface area contributed by atoms with Gasteiger partial charge >= 0.3 is 0 Å². The van der Waals surface area contributed by atoms with Gasteiger partial charge < -0.3 is 5.32 Å². The summed E-state index contributed by atoms with van der Waals surface area (Å²) in [6, 6.07) is 0. The van der Waals surface area contributed by atoms with E-state index in [1.54, 1.807) is 7.05 Å². The van der Waals surface area contributed by atoms with Crippen molar-refractivity contribution in [1.29, 1.82) is 0 Å². The van der Waals surface area contributed by atoms with Crippen LogP contribution in [0.4, 0.5) is 4.39 Å². The number of alkyl halides is 1. The van der Waals surface area contributed by atoms with Gasteiger partial charge in [0.15, 0.2) is 0 Å². The van der Waals surface area contributed by atoms with Gasteiger partial charge in [-0.2, -0.15) is 0 Å². The zero-order valence-corrected chi connectivity index (χ0v) is 4.16. The first kappa shape index (κ1) is 5.89. The summed E-state index contributed by atoms with van der Waals surface area (Å²) in [5, 5.41) is 2.69. The highest BCUT2D eigenvalue weighted by Gasteiger charge is 1.89. The molecule has 0 rings (SSSR count). The lowest BCUT2D eigenvalue weighted by molar-refractivity contribution is 0.353. The van der Waals surface area contributed by atoms with Gasteiger partial charge in [-0.25, -0.2) is 4.39 Å². The average molecular weight is 91.1 g/mol. The molecule has 1 N–H and O–H groups in total. The Morgan fingerprint density at radius 1 is 1.83 bits per heavy atom. The fourth-order valence-corrected chi connectivity index (χ4v) is 0.281. The van der Waals surface area contributed by atoms with E-state index in [1.807, 2.05) is 0 Å². The first-order valence-corrected chi connectivity index (χ1v) is 2.06. The van der Waals surface area contributed by atoms with E-state index in [-0.39, 0.29) is 0 Å². The molecular weight excluding hydrogens is 81.0 g/mol. The molecule has 1 nitrogen and oxygen atoms in total. The van der Waals surface area contributed by atoms with E-state index in [4.69, 9.17) is 0 Å². The molecule has 0 bridgehead atoms. The van der Waals surface area contributed by atoms with Gasteiger partial charge in [-0.05, 0) is 14.0 Å². The van der Waals surface area contributed by atoms with Crippen molar-refractivity contribution >= 4 is 0 Å². The van der Waals surface area contributed by atoms with Gasteiger partial charge in [0.05, 0.1) is 0 Å². The van der Waals surface area contributed by atoms with Crippen molar-refractivity contribution in [2.75, 3.05) is 13.6 Å². The van der Waals surface area contributed by atoms with Crippen molar-refractivity contribution in [3.63, 3.8) is 0 Å². The minimum atomic E-state index is -0.713. The first-order valence-electron chi connectivity index (χ1n) is 2.06. The van der Waals surface area contributed by atoms with Gasteiger partial charge in [-0.3, -0.25) is 0 Å². The lowest BCUT2D eigenvalue weighted by Gasteiger charge is -1.94. The molecule has 0 radical (unpaired) electrons. The van der Waals surface area contributed by atoms with E-state index in [0.29, 0.717) is 6.54 Å². The monoisotopic (exact) mass is 91.1 g/mol. The van der Waals surface area contributed by atoms with Crippen molar-refractivity contribution in [3.8, 4) is 0 Å². The Kier molecular flexibility index (Phi) is 3.04. The van der Waals surface area contributed by atoms with Crippen molar-refractivity contribution in [2.45, 2.75) is 13.1 Å². The third kappa shape index (κ3) is 3.89. The molecule has 0 unspecified atom stereocenters. The van der Waals surface area contributed by atoms with Crippen LogP contribution in [-0.2, 0) is 0 Å². The van der Waals surface area contributed by atoms with E-state index < -0.39 is 6.17 Å². The van der Waals surface area contributed by atoms with Crippen LogP contribution in [-0.4, -0.2) is 19.8 Å². The number of rotatable bonds is 2. The molecule has 0 fully saturated rings. The lowest BCUT2D eigenvalue weighted by atomic mass is 10.4. The second-order valence-corrected chi connectivity index (χ2v) is 1.34. The molecule has 0 amide bonds. The summed E-state index contributed by atoms with van der Waals surface area (Å²) in [4.78, 5) is 0. The summed E-state index contributed by atoms with van der Waals surface area (Å²) in [6.07, 6.45) is -0.713. The summed E-state index contributed by atoms with van der Waals surface area (Å²) in [7, 11) is 1.73. The van der Waals surface area contributed by atoms with E-state index in [1.165, 1.54) is 6.92 Å². The van der Waals surface area contributed by atoms with Crippen LogP contribution in [0.2, 0.25) is 0 Å². The average Bonchev–Trinajstić information content (AvgIpc) is 1.35. The normalized spacial score (nSPS) is 14.5. The summed E-state index contributed by atoms with van der Waals surface area (Å²) in [5.74, 6) is 0. The summed E-state index contributed by atoms with van der Waals surface area (Å²) in [5.41, 5.74) is 0. The molecule has 0 aliphatic heterocycles. The molecule has 0 aliphatic carbocycles. The number of nitrogens with one attached hydrogen (secondary N) is 1. The van der Waals surface area contributed by atoms with Crippen LogP contribution in [0.5, 0.6) is 0 Å². The minimum absolute atomic E-state index is 0.458. The molecular formula is C4H10FN. The van der Waals surface area contributed by atoms with Crippen molar-refractivity contribution in [2.24, 2.45) is 0 Å². The number of hydrogen-bond acceptors (Lipinski definition) is 1. The molecule has 6 heavy (non-hydrogen) atoms. The molecule has 0 spiro atoms. The molecule has 0 saturated carbocycles. The Labute approximate surface area is 37.5 Å². The van der Waals surface area contributed by atoms with Crippen molar-refractivity contribution < 1.29 is 4.39 Å². The predicted molar refractivity (Wildman–Crippen MR) is 24.5 cm³/mol. The molecule has 0 aromatic heterocycles. The third-order valence-corrected chi connectivity index (χ3v) is 0.485. The second-order valence-electron chi connectivity index (χ2n) is 1.34. The van der Waals surface area contributed by atoms with Gasteiger partial charge in [0.2, 0.25) is 0 Å². The molecule has 0 saturated heterocycles. The molecule has 0 aromatic carbocycles. The topological polar surface area (TPSA) is 12.0 Å². The van der Waals surface area contributed by atoms with E-state index in [2.05, 4.69) is 5.32 Å². The Balaban J connectivity index is 2.63. The van der Waals surface area contributed by atoms with Gasteiger partial charge in [0.1, 0.15) is 6.17 Å². The number of hydrogen-bond donors (Lipinski definition) is 1. The van der Waals surface area contributed by atoms with Gasteiger partial charge in [-0.1, -0.05) is 0 Å². The van der Waals surface area contributed by atoms with E-state index >= 15 is 0 Å². The Morgan fingerprint density at radius 2 is 2.33 bits per heavy atom.